The molecule has 3 aromatic heterocycles. The fourth-order valence-corrected chi connectivity index (χ4v) is 3.34. The van der Waals surface area contributed by atoms with Crippen LogP contribution in [0.2, 0.25) is 0 Å². The summed E-state index contributed by atoms with van der Waals surface area (Å²) in [4.78, 5) is 16.5. The van der Waals surface area contributed by atoms with Crippen molar-refractivity contribution in [3.63, 3.8) is 0 Å². The van der Waals surface area contributed by atoms with Gasteiger partial charge in [0.05, 0.1) is 30.0 Å². The van der Waals surface area contributed by atoms with E-state index in [0.29, 0.717) is 11.6 Å². The summed E-state index contributed by atoms with van der Waals surface area (Å²) in [5.41, 5.74) is 3.68. The van der Waals surface area contributed by atoms with Gasteiger partial charge in [0.1, 0.15) is 11.5 Å². The lowest BCUT2D eigenvalue weighted by molar-refractivity contribution is 0.415. The molecule has 126 valence electrons. The lowest BCUT2D eigenvalue weighted by Crippen LogP contribution is -1.86. The molecule has 4 rings (SSSR count). The summed E-state index contributed by atoms with van der Waals surface area (Å²) >= 11 is 1.59. The summed E-state index contributed by atoms with van der Waals surface area (Å²) < 4.78 is 11.0. The Morgan fingerprint density at radius 3 is 2.76 bits per heavy atom. The van der Waals surface area contributed by atoms with E-state index in [4.69, 9.17) is 9.15 Å². The van der Waals surface area contributed by atoms with E-state index in [1.54, 1.807) is 31.3 Å². The maximum Gasteiger partial charge on any atom is 0.226 e. The lowest BCUT2D eigenvalue weighted by Gasteiger charge is -1.99. The number of ether oxygens (including phenoxy) is 1. The van der Waals surface area contributed by atoms with Crippen LogP contribution in [-0.4, -0.2) is 27.0 Å². The molecule has 0 aliphatic heterocycles. The molecule has 0 unspecified atom stereocenters. The Hall–Kier alpha value is -2.80. The number of benzene rings is 1. The van der Waals surface area contributed by atoms with E-state index in [2.05, 4.69) is 19.9 Å². The molecule has 3 heterocycles. The third-order valence-electron chi connectivity index (χ3n) is 3.84. The van der Waals surface area contributed by atoms with Crippen molar-refractivity contribution in [2.75, 3.05) is 7.11 Å². The van der Waals surface area contributed by atoms with Crippen LogP contribution in [0.15, 0.2) is 52.3 Å². The van der Waals surface area contributed by atoms with Crippen LogP contribution in [-0.2, 0) is 5.75 Å². The minimum absolute atomic E-state index is 0.615. The molecule has 25 heavy (non-hydrogen) atoms. The van der Waals surface area contributed by atoms with E-state index >= 15 is 0 Å². The van der Waals surface area contributed by atoms with E-state index in [-0.39, 0.29) is 0 Å². The van der Waals surface area contributed by atoms with E-state index in [9.17, 15) is 0 Å². The monoisotopic (exact) mass is 352 g/mol. The zero-order valence-electron chi connectivity index (χ0n) is 13.8. The van der Waals surface area contributed by atoms with Crippen LogP contribution < -0.4 is 4.74 Å². The number of pyridine rings is 1. The number of aromatic amines is 1. The first kappa shape index (κ1) is 15.7. The molecule has 0 bridgehead atoms. The molecule has 0 saturated carbocycles. The van der Waals surface area contributed by atoms with Crippen LogP contribution in [0.5, 0.6) is 5.75 Å². The molecule has 0 amide bonds. The number of nitrogens with one attached hydrogen (secondary N) is 1. The number of H-pyrrole nitrogens is 1. The lowest BCUT2D eigenvalue weighted by atomic mass is 10.2. The van der Waals surface area contributed by atoms with Crippen molar-refractivity contribution >= 4 is 22.8 Å². The molecule has 0 atom stereocenters. The zero-order valence-corrected chi connectivity index (χ0v) is 14.6. The third kappa shape index (κ3) is 3.23. The molecule has 0 spiro atoms. The second-order valence-corrected chi connectivity index (χ2v) is 6.44. The molecular formula is C18H16N4O2S. The molecule has 1 N–H and O–H groups in total. The number of nitrogens with zero attached hydrogens (tertiary/aromatic N) is 3. The van der Waals surface area contributed by atoms with Crippen LogP contribution in [0, 0.1) is 6.92 Å². The summed E-state index contributed by atoms with van der Waals surface area (Å²) in [5.74, 6) is 2.92. The van der Waals surface area contributed by atoms with Crippen molar-refractivity contribution in [2.24, 2.45) is 0 Å². The summed E-state index contributed by atoms with van der Waals surface area (Å²) in [7, 11) is 1.65. The molecule has 4 aromatic rings. The Morgan fingerprint density at radius 2 is 2.00 bits per heavy atom. The van der Waals surface area contributed by atoms with Gasteiger partial charge >= 0.3 is 0 Å². The van der Waals surface area contributed by atoms with Gasteiger partial charge in [-0.2, -0.15) is 0 Å². The Balaban J connectivity index is 1.51. The predicted molar refractivity (Wildman–Crippen MR) is 96.7 cm³/mol. The number of fused-ring (bicyclic) bond motifs is 1. The van der Waals surface area contributed by atoms with Crippen molar-refractivity contribution in [1.29, 1.82) is 0 Å². The minimum atomic E-state index is 0.615. The Morgan fingerprint density at radius 1 is 1.16 bits per heavy atom. The molecule has 0 aliphatic carbocycles. The number of aryl methyl sites for hydroxylation is 1. The second kappa shape index (κ2) is 6.60. The fourth-order valence-electron chi connectivity index (χ4n) is 2.46. The van der Waals surface area contributed by atoms with Gasteiger partial charge in [0, 0.05) is 17.5 Å². The first-order valence-electron chi connectivity index (χ1n) is 7.76. The SMILES string of the molecule is COc1ccc(-c2nc(CSc3nc4ccncc4[nH]3)c(C)o2)cc1. The van der Waals surface area contributed by atoms with Gasteiger partial charge in [-0.05, 0) is 37.3 Å². The van der Waals surface area contributed by atoms with Crippen molar-refractivity contribution in [3.05, 3.63) is 54.2 Å². The molecule has 0 radical (unpaired) electrons. The maximum atomic E-state index is 5.82. The minimum Gasteiger partial charge on any atom is -0.497 e. The highest BCUT2D eigenvalue weighted by Gasteiger charge is 2.13. The smallest absolute Gasteiger partial charge is 0.226 e. The summed E-state index contributed by atoms with van der Waals surface area (Å²) in [5, 5.41) is 0.844. The standard InChI is InChI=1S/C18H16N4O2S/c1-11-16(10-25-18-21-14-7-8-19-9-15(14)22-18)20-17(24-11)12-3-5-13(23-2)6-4-12/h3-9H,10H2,1-2H3,(H,21,22). The molecular weight excluding hydrogens is 336 g/mol. The first-order valence-corrected chi connectivity index (χ1v) is 8.75. The van der Waals surface area contributed by atoms with Crippen molar-refractivity contribution < 1.29 is 9.15 Å². The van der Waals surface area contributed by atoms with Crippen LogP contribution >= 0.6 is 11.8 Å². The highest BCUT2D eigenvalue weighted by atomic mass is 32.2. The topological polar surface area (TPSA) is 76.8 Å². The molecule has 7 heteroatoms. The number of hydrogen-bond donors (Lipinski definition) is 1. The third-order valence-corrected chi connectivity index (χ3v) is 4.72. The Kier molecular flexibility index (Phi) is 4.15. The van der Waals surface area contributed by atoms with Gasteiger partial charge < -0.3 is 14.1 Å². The molecule has 0 saturated heterocycles. The van der Waals surface area contributed by atoms with Crippen LogP contribution in [0.25, 0.3) is 22.5 Å². The molecule has 1 aromatic carbocycles. The van der Waals surface area contributed by atoms with Gasteiger partial charge in [0.2, 0.25) is 5.89 Å². The predicted octanol–water partition coefficient (Wildman–Crippen LogP) is 4.22. The summed E-state index contributed by atoms with van der Waals surface area (Å²) in [6.45, 7) is 1.93. The molecule has 0 fully saturated rings. The van der Waals surface area contributed by atoms with Crippen LogP contribution in [0.1, 0.15) is 11.5 Å². The Labute approximate surface area is 148 Å². The van der Waals surface area contributed by atoms with E-state index in [0.717, 1.165) is 39.0 Å². The van der Waals surface area contributed by atoms with Crippen LogP contribution in [0.4, 0.5) is 0 Å². The number of oxazole rings is 1. The van der Waals surface area contributed by atoms with Crippen molar-refractivity contribution in [3.8, 4) is 17.2 Å². The number of thioether (sulfide) groups is 1. The van der Waals surface area contributed by atoms with Gasteiger partial charge in [0.25, 0.3) is 0 Å². The highest BCUT2D eigenvalue weighted by molar-refractivity contribution is 7.98. The number of rotatable bonds is 5. The van der Waals surface area contributed by atoms with Crippen molar-refractivity contribution in [2.45, 2.75) is 17.8 Å². The Bertz CT molecular complexity index is 975. The first-order chi connectivity index (χ1) is 12.2. The largest absolute Gasteiger partial charge is 0.497 e. The number of imidazole rings is 1. The second-order valence-electron chi connectivity index (χ2n) is 5.47. The maximum absolute atomic E-state index is 5.82. The normalized spacial score (nSPS) is 11.1. The van der Waals surface area contributed by atoms with Gasteiger partial charge in [0.15, 0.2) is 5.16 Å². The number of hydrogen-bond acceptors (Lipinski definition) is 6. The molecule has 6 nitrogen and oxygen atoms in total. The number of methoxy groups -OCH3 is 1. The highest BCUT2D eigenvalue weighted by Crippen LogP contribution is 2.28. The average Bonchev–Trinajstić information content (AvgIpc) is 3.23. The zero-order chi connectivity index (χ0) is 17.2. The summed E-state index contributed by atoms with van der Waals surface area (Å²) in [6.07, 6.45) is 3.51. The number of aromatic nitrogens is 4. The van der Waals surface area contributed by atoms with Gasteiger partial charge in [-0.3, -0.25) is 4.98 Å². The molecule has 0 aliphatic rings. The summed E-state index contributed by atoms with van der Waals surface area (Å²) in [6, 6.07) is 9.55. The van der Waals surface area contributed by atoms with Gasteiger partial charge in [-0.1, -0.05) is 11.8 Å². The van der Waals surface area contributed by atoms with E-state index in [1.165, 1.54) is 0 Å². The van der Waals surface area contributed by atoms with E-state index in [1.807, 2.05) is 37.3 Å². The fraction of sp³-hybridized carbons (Fsp3) is 0.167. The van der Waals surface area contributed by atoms with E-state index < -0.39 is 0 Å². The van der Waals surface area contributed by atoms with Crippen molar-refractivity contribution in [1.82, 2.24) is 19.9 Å². The quantitative estimate of drug-likeness (QED) is 0.542. The van der Waals surface area contributed by atoms with Gasteiger partial charge in [-0.25, -0.2) is 9.97 Å². The van der Waals surface area contributed by atoms with Gasteiger partial charge in [-0.15, -0.1) is 0 Å². The average molecular weight is 352 g/mol. The van der Waals surface area contributed by atoms with Crippen LogP contribution in [0.3, 0.4) is 0 Å².